The lowest BCUT2D eigenvalue weighted by Crippen LogP contribution is -2.44. The SMILES string of the molecule is CC(C)C(=O)CN1CCN(CC(=O)O)CCN(CC(=O)NCCOCCC(=O)NCC(=O)NCCCCNC(N)=O)CC1. The van der Waals surface area contributed by atoms with Gasteiger partial charge in [-0.05, 0) is 12.8 Å². The Kier molecular flexibility index (Phi) is 19.5. The van der Waals surface area contributed by atoms with Crippen molar-refractivity contribution in [1.82, 2.24) is 36.0 Å². The molecule has 0 spiro atoms. The number of nitrogens with one attached hydrogen (secondary N) is 4. The van der Waals surface area contributed by atoms with Crippen LogP contribution in [0.25, 0.3) is 0 Å². The first-order valence-corrected chi connectivity index (χ1v) is 14.8. The number of carboxylic acids is 1. The third-order valence-electron chi connectivity index (χ3n) is 6.66. The van der Waals surface area contributed by atoms with Gasteiger partial charge in [0.2, 0.25) is 17.7 Å². The van der Waals surface area contributed by atoms with Crippen molar-refractivity contribution in [2.24, 2.45) is 11.7 Å². The second-order valence-electron chi connectivity index (χ2n) is 10.7. The molecule has 0 aromatic carbocycles. The molecule has 0 saturated carbocycles. The zero-order valence-corrected chi connectivity index (χ0v) is 25.5. The number of primary amides is 1. The highest BCUT2D eigenvalue weighted by Gasteiger charge is 2.21. The fraction of sp³-hybridized carbons (Fsp3) is 0.778. The molecule has 0 unspecified atom stereocenters. The van der Waals surface area contributed by atoms with Crippen LogP contribution in [0.3, 0.4) is 0 Å². The van der Waals surface area contributed by atoms with Gasteiger partial charge >= 0.3 is 12.0 Å². The molecule has 16 heteroatoms. The van der Waals surface area contributed by atoms with E-state index in [0.717, 1.165) is 0 Å². The highest BCUT2D eigenvalue weighted by Crippen LogP contribution is 2.04. The van der Waals surface area contributed by atoms with Crippen LogP contribution in [0.2, 0.25) is 0 Å². The van der Waals surface area contributed by atoms with E-state index in [4.69, 9.17) is 10.5 Å². The zero-order chi connectivity index (χ0) is 32.0. The Morgan fingerprint density at radius 3 is 1.79 bits per heavy atom. The van der Waals surface area contributed by atoms with Gasteiger partial charge < -0.3 is 36.8 Å². The number of nitrogens with two attached hydrogens (primary N) is 1. The number of carbonyl (C=O) groups excluding carboxylic acids is 5. The highest BCUT2D eigenvalue weighted by molar-refractivity contribution is 5.84. The summed E-state index contributed by atoms with van der Waals surface area (Å²) in [4.78, 5) is 76.1. The Bertz CT molecular complexity index is 904. The van der Waals surface area contributed by atoms with E-state index in [1.54, 1.807) is 0 Å². The molecule has 0 radical (unpaired) electrons. The quantitative estimate of drug-likeness (QED) is 0.0783. The van der Waals surface area contributed by atoms with Gasteiger partial charge in [0.1, 0.15) is 5.78 Å². The van der Waals surface area contributed by atoms with Crippen molar-refractivity contribution in [3.63, 3.8) is 0 Å². The number of aliphatic carboxylic acids is 1. The van der Waals surface area contributed by atoms with Crippen LogP contribution in [0, 0.1) is 5.92 Å². The van der Waals surface area contributed by atoms with Crippen LogP contribution in [-0.4, -0.2) is 154 Å². The number of carboxylic acid groups (broad SMARTS) is 1. The molecule has 7 N–H and O–H groups in total. The van der Waals surface area contributed by atoms with Crippen LogP contribution < -0.4 is 27.0 Å². The Balaban J connectivity index is 2.26. The first-order valence-electron chi connectivity index (χ1n) is 14.8. The molecular weight excluding hydrogens is 564 g/mol. The van der Waals surface area contributed by atoms with E-state index in [-0.39, 0.29) is 75.2 Å². The third-order valence-corrected chi connectivity index (χ3v) is 6.66. The summed E-state index contributed by atoms with van der Waals surface area (Å²) in [5.41, 5.74) is 4.96. The fourth-order valence-electron chi connectivity index (χ4n) is 4.06. The van der Waals surface area contributed by atoms with Crippen molar-refractivity contribution in [1.29, 1.82) is 0 Å². The largest absolute Gasteiger partial charge is 0.480 e. The highest BCUT2D eigenvalue weighted by atomic mass is 16.5. The average molecular weight is 615 g/mol. The van der Waals surface area contributed by atoms with Crippen molar-refractivity contribution in [2.45, 2.75) is 33.1 Å². The van der Waals surface area contributed by atoms with Gasteiger partial charge in [0.05, 0.1) is 39.4 Å². The Hall–Kier alpha value is -3.34. The molecule has 1 saturated heterocycles. The lowest BCUT2D eigenvalue weighted by Gasteiger charge is -2.25. The minimum absolute atomic E-state index is 0.0659. The van der Waals surface area contributed by atoms with Gasteiger partial charge in [-0.15, -0.1) is 0 Å². The summed E-state index contributed by atoms with van der Waals surface area (Å²) in [6.07, 6.45) is 1.39. The molecule has 16 nitrogen and oxygen atoms in total. The topological polar surface area (TPSA) is 216 Å². The van der Waals surface area contributed by atoms with E-state index in [1.165, 1.54) is 0 Å². The van der Waals surface area contributed by atoms with E-state index >= 15 is 0 Å². The van der Waals surface area contributed by atoms with Crippen LogP contribution in [0.5, 0.6) is 0 Å². The van der Waals surface area contributed by atoms with E-state index < -0.39 is 12.0 Å². The van der Waals surface area contributed by atoms with E-state index in [9.17, 15) is 33.9 Å². The van der Waals surface area contributed by atoms with Crippen LogP contribution in [0.1, 0.15) is 33.1 Å². The van der Waals surface area contributed by atoms with Gasteiger partial charge in [0, 0.05) is 71.2 Å². The lowest BCUT2D eigenvalue weighted by molar-refractivity contribution is -0.138. The molecule has 43 heavy (non-hydrogen) atoms. The number of Topliss-reactive ketones (excluding diaryl/α,β-unsaturated/α-hetero) is 1. The number of nitrogens with zero attached hydrogens (tertiary/aromatic N) is 3. The maximum absolute atomic E-state index is 12.5. The number of ketones is 1. The lowest BCUT2D eigenvalue weighted by atomic mass is 10.1. The van der Waals surface area contributed by atoms with E-state index in [1.807, 2.05) is 28.5 Å². The molecule has 1 aliphatic heterocycles. The molecule has 5 amide bonds. The first kappa shape index (κ1) is 37.7. The second-order valence-corrected chi connectivity index (χ2v) is 10.7. The Morgan fingerprint density at radius 1 is 0.698 bits per heavy atom. The molecule has 246 valence electrons. The first-order chi connectivity index (χ1) is 20.5. The van der Waals surface area contributed by atoms with Gasteiger partial charge in [0.15, 0.2) is 0 Å². The van der Waals surface area contributed by atoms with Crippen LogP contribution in [-0.2, 0) is 28.7 Å². The Labute approximate surface area is 253 Å². The molecule has 1 rings (SSSR count). The molecule has 1 fully saturated rings. The van der Waals surface area contributed by atoms with Gasteiger partial charge in [-0.3, -0.25) is 38.7 Å². The summed E-state index contributed by atoms with van der Waals surface area (Å²) >= 11 is 0. The van der Waals surface area contributed by atoms with Crippen LogP contribution in [0.15, 0.2) is 0 Å². The molecular formula is C27H50N8O8. The molecule has 0 bridgehead atoms. The van der Waals surface area contributed by atoms with E-state index in [2.05, 4.69) is 21.3 Å². The number of amides is 5. The third kappa shape index (κ3) is 20.2. The Morgan fingerprint density at radius 2 is 1.23 bits per heavy atom. The summed E-state index contributed by atoms with van der Waals surface area (Å²) < 4.78 is 5.42. The predicted octanol–water partition coefficient (Wildman–Crippen LogP) is -2.58. The number of rotatable bonds is 20. The molecule has 1 aliphatic rings. The van der Waals surface area contributed by atoms with Crippen molar-refractivity contribution in [2.75, 3.05) is 98.3 Å². The minimum Gasteiger partial charge on any atom is -0.480 e. The molecule has 1 heterocycles. The molecule has 0 aliphatic carbocycles. The van der Waals surface area contributed by atoms with Crippen LogP contribution in [0.4, 0.5) is 4.79 Å². The van der Waals surface area contributed by atoms with Gasteiger partial charge in [0.25, 0.3) is 0 Å². The number of carbonyl (C=O) groups is 6. The molecule has 0 atom stereocenters. The molecule has 0 aromatic heterocycles. The maximum Gasteiger partial charge on any atom is 0.317 e. The van der Waals surface area contributed by atoms with Gasteiger partial charge in [-0.25, -0.2) is 4.79 Å². The summed E-state index contributed by atoms with van der Waals surface area (Å²) in [5, 5.41) is 19.7. The number of hydrogen-bond donors (Lipinski definition) is 6. The van der Waals surface area contributed by atoms with Crippen molar-refractivity contribution in [3.8, 4) is 0 Å². The maximum atomic E-state index is 12.5. The number of hydrogen-bond acceptors (Lipinski definition) is 10. The fourth-order valence-corrected chi connectivity index (χ4v) is 4.06. The monoisotopic (exact) mass is 614 g/mol. The predicted molar refractivity (Wildman–Crippen MR) is 158 cm³/mol. The summed E-state index contributed by atoms with van der Waals surface area (Å²) in [6, 6.07) is -0.589. The smallest absolute Gasteiger partial charge is 0.317 e. The van der Waals surface area contributed by atoms with Gasteiger partial charge in [-0.1, -0.05) is 13.8 Å². The summed E-state index contributed by atoms with van der Waals surface area (Å²) in [5.74, 6) is -1.74. The van der Waals surface area contributed by atoms with Crippen molar-refractivity contribution < 1.29 is 38.6 Å². The molecule has 0 aromatic rings. The summed E-state index contributed by atoms with van der Waals surface area (Å²) in [6.45, 7) is 8.60. The summed E-state index contributed by atoms with van der Waals surface area (Å²) in [7, 11) is 0. The van der Waals surface area contributed by atoms with Gasteiger partial charge in [-0.2, -0.15) is 0 Å². The zero-order valence-electron chi connectivity index (χ0n) is 25.5. The number of urea groups is 1. The van der Waals surface area contributed by atoms with Crippen molar-refractivity contribution >= 4 is 35.5 Å². The minimum atomic E-state index is -0.920. The number of unbranched alkanes of at least 4 members (excludes halogenated alkanes) is 1. The van der Waals surface area contributed by atoms with Crippen molar-refractivity contribution in [3.05, 3.63) is 0 Å². The van der Waals surface area contributed by atoms with Crippen LogP contribution >= 0.6 is 0 Å². The standard InChI is InChI=1S/C27H50N8O8/c1-21(2)22(36)18-33-9-11-34(12-14-35(13-10-33)20-26(40)41)19-25(39)30-8-16-43-15-5-23(37)32-17-24(38)29-6-3-4-7-31-27(28)42/h21H,3-20H2,1-2H3,(H,29,38)(H,30,39)(H,32,37)(H,40,41)(H3,28,31,42). The number of ether oxygens (including phenoxy) is 1. The van der Waals surface area contributed by atoms with E-state index in [0.29, 0.717) is 71.7 Å². The second kappa shape index (κ2) is 22.2. The average Bonchev–Trinajstić information content (AvgIpc) is 3.02. The normalized spacial score (nSPS) is 15.1.